The summed E-state index contributed by atoms with van der Waals surface area (Å²) in [5.74, 6) is -4.14. The number of nitro benzene ring substituents is 1. The van der Waals surface area contributed by atoms with E-state index in [9.17, 15) is 34.1 Å². The smallest absolute Gasteiger partial charge is 0.338 e. The monoisotopic (exact) mass is 871 g/mol. The second-order valence-corrected chi connectivity index (χ2v) is 14.4. The van der Waals surface area contributed by atoms with Gasteiger partial charge >= 0.3 is 29.8 Å². The number of carbonyl (C=O) groups is 5. The van der Waals surface area contributed by atoms with E-state index in [2.05, 4.69) is 0 Å². The molecule has 0 aromatic heterocycles. The van der Waals surface area contributed by atoms with Gasteiger partial charge in [-0.2, -0.15) is 0 Å². The fourth-order valence-corrected chi connectivity index (χ4v) is 7.16. The summed E-state index contributed by atoms with van der Waals surface area (Å²) in [6.07, 6.45) is -15.5. The Hall–Kier alpha value is -5.54. The van der Waals surface area contributed by atoms with Crippen LogP contribution in [0.3, 0.4) is 0 Å². The second kappa shape index (κ2) is 20.3. The third-order valence-corrected chi connectivity index (χ3v) is 9.78. The molecule has 0 amide bonds. The quantitative estimate of drug-likeness (QED) is 0.0951. The van der Waals surface area contributed by atoms with E-state index >= 15 is 0 Å². The van der Waals surface area contributed by atoms with E-state index in [0.717, 1.165) is 27.7 Å². The highest BCUT2D eigenvalue weighted by atomic mass is 35.5. The van der Waals surface area contributed by atoms with E-state index in [1.54, 1.807) is 48.5 Å². The minimum atomic E-state index is -1.67. The number of ether oxygens (including phenoxy) is 11. The van der Waals surface area contributed by atoms with E-state index in [4.69, 9.17) is 63.7 Å². The summed E-state index contributed by atoms with van der Waals surface area (Å²) >= 11 is 6.00. The molecule has 0 unspecified atom stereocenters. The normalized spacial score (nSPS) is 28.3. The van der Waals surface area contributed by atoms with Gasteiger partial charge in [-0.05, 0) is 23.8 Å². The standard InChI is InChI=1S/C41H42ClNO18/c1-21(44)54-34-33(61-41-37(57-24(4)47)35(55-22(2)45)32-31(59-41)20-53-39(60-32)27-13-9-6-10-14-27)30(19-51-38(48)26-11-7-5-8-12-26)58-40(36(34)56-23(3)46)52-18-25-15-16-28(42)29(17-25)43(49)50/h5-17,30-37,39-41H,18-20H2,1-4H3/t30-,31-,32-,33-,34+,35+,36-,37-,39-,40-,41-/m1/s1. The van der Waals surface area contributed by atoms with Crippen molar-refractivity contribution < 1.29 is 81.0 Å². The van der Waals surface area contributed by atoms with Crippen molar-refractivity contribution >= 4 is 47.1 Å². The molecule has 0 radical (unpaired) electrons. The molecular weight excluding hydrogens is 830 g/mol. The lowest BCUT2D eigenvalue weighted by Crippen LogP contribution is -2.67. The zero-order valence-electron chi connectivity index (χ0n) is 33.2. The Morgan fingerprint density at radius 1 is 0.721 bits per heavy atom. The minimum absolute atomic E-state index is 0.128. The van der Waals surface area contributed by atoms with Crippen molar-refractivity contribution in [2.24, 2.45) is 0 Å². The third-order valence-electron chi connectivity index (χ3n) is 9.46. The third kappa shape index (κ3) is 11.4. The first-order valence-corrected chi connectivity index (χ1v) is 19.3. The van der Waals surface area contributed by atoms with Crippen LogP contribution < -0.4 is 0 Å². The molecule has 0 saturated carbocycles. The predicted octanol–water partition coefficient (Wildman–Crippen LogP) is 4.30. The number of nitro groups is 1. The molecule has 61 heavy (non-hydrogen) atoms. The van der Waals surface area contributed by atoms with E-state index in [0.29, 0.717) is 5.56 Å². The van der Waals surface area contributed by atoms with Crippen molar-refractivity contribution in [1.82, 2.24) is 0 Å². The van der Waals surface area contributed by atoms with E-state index in [1.807, 2.05) is 0 Å². The van der Waals surface area contributed by atoms with Crippen LogP contribution in [0.1, 0.15) is 55.5 Å². The Bertz CT molecular complexity index is 2050. The van der Waals surface area contributed by atoms with Crippen molar-refractivity contribution in [3.8, 4) is 0 Å². The molecule has 11 atom stereocenters. The first kappa shape index (κ1) is 45.0. The van der Waals surface area contributed by atoms with Crippen molar-refractivity contribution in [2.75, 3.05) is 13.2 Å². The summed E-state index contributed by atoms with van der Waals surface area (Å²) in [6.45, 7) is 3.29. The van der Waals surface area contributed by atoms with Crippen LogP contribution in [-0.4, -0.2) is 109 Å². The SMILES string of the molecule is CC(=O)O[C@@H]1[C@@H](OC(C)=O)[C@@H](O[C@H]2[C@H](OC(C)=O)[C@@H](OC(C)=O)[C@H](OCc3ccc(Cl)c([N+](=O)[O-])c3)O[C@@H]2COC(=O)c2ccccc2)O[C@@H]2CO[C@@H](c3ccccc3)O[C@@H]12. The van der Waals surface area contributed by atoms with Gasteiger partial charge in [-0.3, -0.25) is 29.3 Å². The molecule has 3 heterocycles. The highest BCUT2D eigenvalue weighted by molar-refractivity contribution is 6.32. The number of nitrogens with zero attached hydrogens (tertiary/aromatic N) is 1. The lowest BCUT2D eigenvalue weighted by atomic mass is 9.95. The van der Waals surface area contributed by atoms with Gasteiger partial charge in [0.2, 0.25) is 0 Å². The Labute approximate surface area is 353 Å². The van der Waals surface area contributed by atoms with Gasteiger partial charge in [0, 0.05) is 39.3 Å². The second-order valence-electron chi connectivity index (χ2n) is 14.0. The fraction of sp³-hybridized carbons (Fsp3) is 0.439. The van der Waals surface area contributed by atoms with Gasteiger partial charge in [0.25, 0.3) is 5.69 Å². The number of halogens is 1. The van der Waals surface area contributed by atoms with Crippen molar-refractivity contribution in [2.45, 2.75) is 102 Å². The highest BCUT2D eigenvalue weighted by Crippen LogP contribution is 2.39. The molecule has 3 fully saturated rings. The number of fused-ring (bicyclic) bond motifs is 1. The Morgan fingerprint density at radius 3 is 1.93 bits per heavy atom. The summed E-state index contributed by atoms with van der Waals surface area (Å²) in [6, 6.07) is 20.8. The van der Waals surface area contributed by atoms with Crippen LogP contribution in [0.5, 0.6) is 0 Å². The summed E-state index contributed by atoms with van der Waals surface area (Å²) in [5, 5.41) is 11.5. The van der Waals surface area contributed by atoms with E-state index in [1.165, 1.54) is 30.3 Å². The molecule has 326 valence electrons. The van der Waals surface area contributed by atoms with Gasteiger partial charge in [-0.25, -0.2) is 4.79 Å². The molecule has 0 aliphatic carbocycles. The number of hydrogen-bond acceptors (Lipinski definition) is 18. The van der Waals surface area contributed by atoms with E-state index in [-0.39, 0.29) is 29.4 Å². The molecule has 20 heteroatoms. The molecule has 3 aliphatic rings. The Kier molecular flexibility index (Phi) is 15.0. The molecule has 3 aromatic rings. The molecule has 6 rings (SSSR count). The maximum absolute atomic E-state index is 13.2. The minimum Gasteiger partial charge on any atom is -0.459 e. The molecule has 3 aromatic carbocycles. The van der Waals surface area contributed by atoms with Gasteiger partial charge < -0.3 is 52.1 Å². The maximum atomic E-state index is 13.2. The number of carbonyl (C=O) groups excluding carboxylic acids is 5. The predicted molar refractivity (Wildman–Crippen MR) is 204 cm³/mol. The van der Waals surface area contributed by atoms with Gasteiger partial charge in [0.15, 0.2) is 43.3 Å². The lowest BCUT2D eigenvalue weighted by Gasteiger charge is -2.50. The Balaban J connectivity index is 1.36. The van der Waals surface area contributed by atoms with Crippen LogP contribution in [0.2, 0.25) is 5.02 Å². The summed E-state index contributed by atoms with van der Waals surface area (Å²) in [7, 11) is 0. The van der Waals surface area contributed by atoms with Crippen LogP contribution in [0.15, 0.2) is 78.9 Å². The largest absolute Gasteiger partial charge is 0.459 e. The van der Waals surface area contributed by atoms with Crippen LogP contribution in [0.25, 0.3) is 0 Å². The molecule has 0 bridgehead atoms. The average Bonchev–Trinajstić information content (AvgIpc) is 3.22. The Morgan fingerprint density at radius 2 is 1.31 bits per heavy atom. The first-order chi connectivity index (χ1) is 29.2. The average molecular weight is 872 g/mol. The fourth-order valence-electron chi connectivity index (χ4n) is 6.97. The zero-order chi connectivity index (χ0) is 43.8. The zero-order valence-corrected chi connectivity index (χ0v) is 33.9. The summed E-state index contributed by atoms with van der Waals surface area (Å²) < 4.78 is 65.9. The van der Waals surface area contributed by atoms with Gasteiger partial charge in [0.05, 0.1) is 23.7 Å². The van der Waals surface area contributed by atoms with Crippen LogP contribution >= 0.6 is 11.6 Å². The highest BCUT2D eigenvalue weighted by Gasteiger charge is 2.58. The first-order valence-electron chi connectivity index (χ1n) is 18.9. The van der Waals surface area contributed by atoms with Crippen LogP contribution in [0, 0.1) is 10.1 Å². The van der Waals surface area contributed by atoms with Crippen molar-refractivity contribution in [3.05, 3.63) is 111 Å². The van der Waals surface area contributed by atoms with Crippen LogP contribution in [-0.2, 0) is 77.9 Å². The molecule has 19 nitrogen and oxygen atoms in total. The van der Waals surface area contributed by atoms with Gasteiger partial charge in [0.1, 0.15) is 36.0 Å². The van der Waals surface area contributed by atoms with Gasteiger partial charge in [-0.1, -0.05) is 66.2 Å². The summed E-state index contributed by atoms with van der Waals surface area (Å²) in [5.41, 5.74) is 0.667. The topological polar surface area (TPSA) is 230 Å². The molecule has 0 N–H and O–H groups in total. The number of hydrogen-bond donors (Lipinski definition) is 0. The van der Waals surface area contributed by atoms with Gasteiger partial charge in [-0.15, -0.1) is 0 Å². The van der Waals surface area contributed by atoms with Crippen LogP contribution in [0.4, 0.5) is 5.69 Å². The van der Waals surface area contributed by atoms with Crippen molar-refractivity contribution in [3.63, 3.8) is 0 Å². The molecular formula is C41H42ClNO18. The number of rotatable bonds is 14. The number of benzene rings is 3. The molecule has 0 spiro atoms. The van der Waals surface area contributed by atoms with Crippen molar-refractivity contribution in [1.29, 1.82) is 0 Å². The molecule has 3 aliphatic heterocycles. The lowest BCUT2D eigenvalue weighted by molar-refractivity contribution is -0.386. The van der Waals surface area contributed by atoms with E-state index < -0.39 is 115 Å². The number of esters is 5. The maximum Gasteiger partial charge on any atom is 0.338 e. The summed E-state index contributed by atoms with van der Waals surface area (Å²) in [4.78, 5) is 74.9. The molecule has 3 saturated heterocycles.